The first-order valence-electron chi connectivity index (χ1n) is 5.55. The smallest absolute Gasteiger partial charge is 0.508 e. The minimum atomic E-state index is -2.23. The van der Waals surface area contributed by atoms with Gasteiger partial charge in [-0.2, -0.15) is 0 Å². The highest BCUT2D eigenvalue weighted by atomic mass is 19.1. The topological polar surface area (TPSA) is 49.7 Å². The van der Waals surface area contributed by atoms with Crippen LogP contribution >= 0.6 is 0 Å². The van der Waals surface area contributed by atoms with Gasteiger partial charge in [-0.15, -0.1) is 0 Å². The molecule has 1 aromatic carbocycles. The number of hydrogen-bond acceptors (Lipinski definition) is 3. The molecule has 0 aliphatic heterocycles. The second-order valence-electron chi connectivity index (χ2n) is 3.79. The van der Waals surface area contributed by atoms with E-state index in [9.17, 15) is 8.78 Å². The van der Waals surface area contributed by atoms with Crippen LogP contribution in [0.4, 0.5) is 8.78 Å². The van der Waals surface area contributed by atoms with Gasteiger partial charge in [0.25, 0.3) is 0 Å². The molecule has 0 fully saturated rings. The number of rotatable bonds is 6. The first-order valence-corrected chi connectivity index (χ1v) is 5.55. The Hall–Kier alpha value is -1.14. The monoisotopic (exact) mass is 244 g/mol. The summed E-state index contributed by atoms with van der Waals surface area (Å²) in [4.78, 5) is 0. The summed E-state index contributed by atoms with van der Waals surface area (Å²) in [5.41, 5.74) is 0.535. The molecular formula is C11H15BF2O3. The van der Waals surface area contributed by atoms with Crippen LogP contribution in [0, 0.1) is 11.6 Å². The van der Waals surface area contributed by atoms with Gasteiger partial charge in [0, 0.05) is 0 Å². The van der Waals surface area contributed by atoms with E-state index < -0.39 is 24.7 Å². The third-order valence-corrected chi connectivity index (χ3v) is 2.35. The summed E-state index contributed by atoms with van der Waals surface area (Å²) in [5, 5.41) is 17.0. The lowest BCUT2D eigenvalue weighted by molar-refractivity contribution is 0.274. The zero-order valence-electron chi connectivity index (χ0n) is 9.62. The summed E-state index contributed by atoms with van der Waals surface area (Å²) in [6.07, 6.45) is 3.47. The number of aryl methyl sites for hydroxylation is 1. The maximum Gasteiger partial charge on any atom is 0.707 e. The minimum Gasteiger partial charge on any atom is -0.508 e. The molecular weight excluding hydrogens is 229 g/mol. The summed E-state index contributed by atoms with van der Waals surface area (Å²) in [6.45, 7) is 2.04. The van der Waals surface area contributed by atoms with Crippen LogP contribution < -0.4 is 4.65 Å². The van der Waals surface area contributed by atoms with Crippen molar-refractivity contribution in [3.05, 3.63) is 29.3 Å². The van der Waals surface area contributed by atoms with Crippen molar-refractivity contribution in [3.8, 4) is 5.75 Å². The maximum absolute atomic E-state index is 13.4. The number of benzene rings is 1. The molecule has 0 amide bonds. The van der Waals surface area contributed by atoms with Crippen molar-refractivity contribution in [1.82, 2.24) is 0 Å². The van der Waals surface area contributed by atoms with Crippen LogP contribution in [0.1, 0.15) is 31.7 Å². The Kier molecular flexibility index (Phi) is 5.38. The number of hydrogen-bond donors (Lipinski definition) is 2. The van der Waals surface area contributed by atoms with Gasteiger partial charge in [0.05, 0.1) is 0 Å². The quantitative estimate of drug-likeness (QED) is 0.594. The van der Waals surface area contributed by atoms with E-state index in [1.807, 2.05) is 6.92 Å². The molecule has 1 aromatic rings. The molecule has 0 aliphatic rings. The van der Waals surface area contributed by atoms with Crippen molar-refractivity contribution in [2.24, 2.45) is 0 Å². The lowest BCUT2D eigenvalue weighted by Crippen LogP contribution is -2.22. The Labute approximate surface area is 99.2 Å². The van der Waals surface area contributed by atoms with Crippen LogP contribution in [0.5, 0.6) is 5.75 Å². The van der Waals surface area contributed by atoms with Crippen molar-refractivity contribution in [2.45, 2.75) is 32.6 Å². The second-order valence-corrected chi connectivity index (χ2v) is 3.79. The molecule has 0 saturated heterocycles. The second kappa shape index (κ2) is 6.56. The molecule has 0 aromatic heterocycles. The normalized spacial score (nSPS) is 10.4. The van der Waals surface area contributed by atoms with Crippen LogP contribution in [0.25, 0.3) is 0 Å². The Balaban J connectivity index is 2.78. The van der Waals surface area contributed by atoms with Crippen molar-refractivity contribution in [1.29, 1.82) is 0 Å². The van der Waals surface area contributed by atoms with Crippen LogP contribution in [0.3, 0.4) is 0 Å². The highest BCUT2D eigenvalue weighted by Crippen LogP contribution is 2.24. The molecule has 94 valence electrons. The van der Waals surface area contributed by atoms with E-state index in [0.29, 0.717) is 12.0 Å². The first-order chi connectivity index (χ1) is 8.04. The molecule has 0 heterocycles. The molecule has 0 bridgehead atoms. The summed E-state index contributed by atoms with van der Waals surface area (Å²) < 4.78 is 31.0. The third kappa shape index (κ3) is 4.32. The van der Waals surface area contributed by atoms with Crippen molar-refractivity contribution in [2.75, 3.05) is 0 Å². The molecule has 0 spiro atoms. The van der Waals surface area contributed by atoms with Crippen molar-refractivity contribution >= 4 is 7.32 Å². The molecule has 0 aliphatic carbocycles. The molecule has 0 radical (unpaired) electrons. The van der Waals surface area contributed by atoms with Crippen LogP contribution in [0.15, 0.2) is 12.1 Å². The summed E-state index contributed by atoms with van der Waals surface area (Å²) >= 11 is 0. The number of halogens is 2. The van der Waals surface area contributed by atoms with E-state index in [4.69, 9.17) is 10.0 Å². The molecule has 0 saturated carbocycles. The largest absolute Gasteiger partial charge is 0.707 e. The lowest BCUT2D eigenvalue weighted by atomic mass is 10.1. The first kappa shape index (κ1) is 13.9. The fraction of sp³-hybridized carbons (Fsp3) is 0.455. The summed E-state index contributed by atoms with van der Waals surface area (Å²) in [7, 11) is -2.23. The Morgan fingerprint density at radius 2 is 1.76 bits per heavy atom. The van der Waals surface area contributed by atoms with Gasteiger partial charge in [0.2, 0.25) is 0 Å². The van der Waals surface area contributed by atoms with Gasteiger partial charge in [-0.1, -0.05) is 19.8 Å². The lowest BCUT2D eigenvalue weighted by Gasteiger charge is -2.09. The van der Waals surface area contributed by atoms with Gasteiger partial charge in [-0.25, -0.2) is 8.78 Å². The summed E-state index contributed by atoms with van der Waals surface area (Å²) in [5.74, 6) is -2.62. The average Bonchev–Trinajstić information content (AvgIpc) is 2.24. The van der Waals surface area contributed by atoms with E-state index in [1.165, 1.54) is 0 Å². The Morgan fingerprint density at radius 1 is 1.18 bits per heavy atom. The average molecular weight is 244 g/mol. The van der Waals surface area contributed by atoms with Crippen LogP contribution in [-0.2, 0) is 6.42 Å². The predicted octanol–water partition coefficient (Wildman–Crippen LogP) is 2.05. The van der Waals surface area contributed by atoms with E-state index in [1.54, 1.807) is 0 Å². The van der Waals surface area contributed by atoms with E-state index in [2.05, 4.69) is 4.65 Å². The Bertz CT molecular complexity index is 349. The van der Waals surface area contributed by atoms with Crippen LogP contribution in [0.2, 0.25) is 0 Å². The molecule has 1 rings (SSSR count). The molecule has 0 atom stereocenters. The standard InChI is InChI=1S/C11H15BF2O3/c1-2-3-4-5-8-6-9(13)11(10(14)7-8)17-12(15)16/h6-7,15-16H,2-5H2,1H3. The van der Waals surface area contributed by atoms with Crippen molar-refractivity contribution < 1.29 is 23.5 Å². The maximum atomic E-state index is 13.4. The van der Waals surface area contributed by atoms with E-state index in [-0.39, 0.29) is 0 Å². The third-order valence-electron chi connectivity index (χ3n) is 2.35. The molecule has 2 N–H and O–H groups in total. The fourth-order valence-electron chi connectivity index (χ4n) is 1.55. The zero-order chi connectivity index (χ0) is 12.8. The minimum absolute atomic E-state index is 0.535. The molecule has 3 nitrogen and oxygen atoms in total. The van der Waals surface area contributed by atoms with E-state index >= 15 is 0 Å². The predicted molar refractivity (Wildman–Crippen MR) is 60.4 cm³/mol. The van der Waals surface area contributed by atoms with Gasteiger partial charge >= 0.3 is 7.32 Å². The summed E-state index contributed by atoms with van der Waals surface area (Å²) in [6, 6.07) is 2.30. The molecule has 17 heavy (non-hydrogen) atoms. The molecule has 6 heteroatoms. The zero-order valence-corrected chi connectivity index (χ0v) is 9.62. The SMILES string of the molecule is CCCCCc1cc(F)c(OB(O)O)c(F)c1. The fourth-order valence-corrected chi connectivity index (χ4v) is 1.55. The Morgan fingerprint density at radius 3 is 2.24 bits per heavy atom. The highest BCUT2D eigenvalue weighted by Gasteiger charge is 2.19. The van der Waals surface area contributed by atoms with Gasteiger partial charge in [0.1, 0.15) is 0 Å². The van der Waals surface area contributed by atoms with Gasteiger partial charge in [0.15, 0.2) is 17.4 Å². The van der Waals surface area contributed by atoms with Crippen LogP contribution in [-0.4, -0.2) is 17.4 Å². The van der Waals surface area contributed by atoms with Gasteiger partial charge < -0.3 is 14.7 Å². The van der Waals surface area contributed by atoms with Crippen molar-refractivity contribution in [3.63, 3.8) is 0 Å². The van der Waals surface area contributed by atoms with E-state index in [0.717, 1.165) is 31.4 Å². The highest BCUT2D eigenvalue weighted by molar-refractivity contribution is 6.33. The van der Waals surface area contributed by atoms with Gasteiger partial charge in [-0.05, 0) is 30.5 Å². The van der Waals surface area contributed by atoms with Gasteiger partial charge in [-0.3, -0.25) is 0 Å². The number of unbranched alkanes of at least 4 members (excludes halogenated alkanes) is 2. The molecule has 0 unspecified atom stereocenters.